The quantitative estimate of drug-likeness (QED) is 0.722. The summed E-state index contributed by atoms with van der Waals surface area (Å²) < 4.78 is 0. The predicted octanol–water partition coefficient (Wildman–Crippen LogP) is 1.26. The van der Waals surface area contributed by atoms with Gasteiger partial charge in [-0.2, -0.15) is 0 Å². The number of aromatic hydroxyl groups is 1. The molecule has 1 fully saturated rings. The molecule has 92 valence electrons. The Labute approximate surface area is 101 Å². The first kappa shape index (κ1) is 11.9. The number of amides is 1. The molecule has 1 aromatic carbocycles. The molecule has 1 atom stereocenters. The van der Waals surface area contributed by atoms with E-state index in [1.165, 1.54) is 12.5 Å². The maximum atomic E-state index is 11.9. The maximum absolute atomic E-state index is 11.9. The number of phenols is 1. The molecule has 1 aliphatic heterocycles. The molecule has 2 rings (SSSR count). The van der Waals surface area contributed by atoms with Crippen molar-refractivity contribution in [1.82, 2.24) is 10.6 Å². The molecule has 17 heavy (non-hydrogen) atoms. The molecular formula is C13H18N2O2. The smallest absolute Gasteiger partial charge is 0.251 e. The van der Waals surface area contributed by atoms with Gasteiger partial charge in [0.1, 0.15) is 5.75 Å². The fourth-order valence-electron chi connectivity index (χ4n) is 2.06. The lowest BCUT2D eigenvalue weighted by Gasteiger charge is -2.16. The van der Waals surface area contributed by atoms with E-state index in [1.54, 1.807) is 18.2 Å². The zero-order valence-corrected chi connectivity index (χ0v) is 9.78. The highest BCUT2D eigenvalue weighted by atomic mass is 16.3. The molecule has 1 aliphatic rings. The standard InChI is InChI=1S/C13H18N2O2/c16-12-6-3-4-10(8-12)13(17)15-11-5-1-2-7-14-9-11/h3-4,6,8,11,14,16H,1-2,5,7,9H2,(H,15,17). The van der Waals surface area contributed by atoms with Gasteiger partial charge < -0.3 is 15.7 Å². The van der Waals surface area contributed by atoms with Gasteiger partial charge in [-0.05, 0) is 37.6 Å². The predicted molar refractivity (Wildman–Crippen MR) is 66.1 cm³/mol. The number of phenolic OH excluding ortho intramolecular Hbond substituents is 1. The second-order valence-corrected chi connectivity index (χ2v) is 4.42. The second kappa shape index (κ2) is 5.68. The van der Waals surface area contributed by atoms with Gasteiger partial charge in [0, 0.05) is 18.2 Å². The van der Waals surface area contributed by atoms with E-state index < -0.39 is 0 Å². The van der Waals surface area contributed by atoms with Gasteiger partial charge >= 0.3 is 0 Å². The summed E-state index contributed by atoms with van der Waals surface area (Å²) in [6.07, 6.45) is 3.31. The zero-order valence-electron chi connectivity index (χ0n) is 9.78. The summed E-state index contributed by atoms with van der Waals surface area (Å²) in [5.41, 5.74) is 0.509. The first-order valence-corrected chi connectivity index (χ1v) is 6.06. The number of hydrogen-bond donors (Lipinski definition) is 3. The lowest BCUT2D eigenvalue weighted by molar-refractivity contribution is 0.0935. The first-order valence-electron chi connectivity index (χ1n) is 6.06. The van der Waals surface area contributed by atoms with Crippen LogP contribution in [0, 0.1) is 0 Å². The minimum absolute atomic E-state index is 0.116. The Morgan fingerprint density at radius 1 is 1.41 bits per heavy atom. The van der Waals surface area contributed by atoms with E-state index in [-0.39, 0.29) is 17.7 Å². The van der Waals surface area contributed by atoms with Crippen molar-refractivity contribution in [2.45, 2.75) is 25.3 Å². The molecule has 1 aromatic rings. The number of nitrogens with one attached hydrogen (secondary N) is 2. The fraction of sp³-hybridized carbons (Fsp3) is 0.462. The molecular weight excluding hydrogens is 216 g/mol. The van der Waals surface area contributed by atoms with Crippen LogP contribution in [0.15, 0.2) is 24.3 Å². The van der Waals surface area contributed by atoms with E-state index in [0.717, 1.165) is 25.9 Å². The van der Waals surface area contributed by atoms with Gasteiger partial charge in [0.25, 0.3) is 5.91 Å². The molecule has 1 heterocycles. The van der Waals surface area contributed by atoms with Crippen molar-refractivity contribution in [2.24, 2.45) is 0 Å². The highest BCUT2D eigenvalue weighted by Crippen LogP contribution is 2.11. The van der Waals surface area contributed by atoms with Crippen LogP contribution in [0.1, 0.15) is 29.6 Å². The summed E-state index contributed by atoms with van der Waals surface area (Å²) in [6.45, 7) is 1.85. The van der Waals surface area contributed by atoms with Crippen LogP contribution in [0.25, 0.3) is 0 Å². The minimum Gasteiger partial charge on any atom is -0.508 e. The number of hydrogen-bond acceptors (Lipinski definition) is 3. The van der Waals surface area contributed by atoms with Gasteiger partial charge in [0.05, 0.1) is 0 Å². The van der Waals surface area contributed by atoms with Gasteiger partial charge in [-0.3, -0.25) is 4.79 Å². The van der Waals surface area contributed by atoms with Crippen LogP contribution in [-0.2, 0) is 0 Å². The Hall–Kier alpha value is -1.55. The Kier molecular flexibility index (Phi) is 3.98. The molecule has 0 radical (unpaired) electrons. The molecule has 0 saturated carbocycles. The Morgan fingerprint density at radius 3 is 3.12 bits per heavy atom. The molecule has 1 unspecified atom stereocenters. The summed E-state index contributed by atoms with van der Waals surface area (Å²) in [5.74, 6) is 0.00578. The molecule has 0 aliphatic carbocycles. The third-order valence-corrected chi connectivity index (χ3v) is 2.99. The monoisotopic (exact) mass is 234 g/mol. The Balaban J connectivity index is 1.96. The fourth-order valence-corrected chi connectivity index (χ4v) is 2.06. The lowest BCUT2D eigenvalue weighted by atomic mass is 10.1. The third-order valence-electron chi connectivity index (χ3n) is 2.99. The van der Waals surface area contributed by atoms with Gasteiger partial charge in [-0.15, -0.1) is 0 Å². The Morgan fingerprint density at radius 2 is 2.29 bits per heavy atom. The summed E-state index contributed by atoms with van der Waals surface area (Å²) in [4.78, 5) is 11.9. The summed E-state index contributed by atoms with van der Waals surface area (Å²) in [6, 6.07) is 6.62. The van der Waals surface area contributed by atoms with E-state index in [4.69, 9.17) is 0 Å². The molecule has 1 saturated heterocycles. The lowest BCUT2D eigenvalue weighted by Crippen LogP contribution is -2.40. The van der Waals surface area contributed by atoms with E-state index in [9.17, 15) is 9.90 Å². The maximum Gasteiger partial charge on any atom is 0.251 e. The molecule has 4 heteroatoms. The molecule has 4 nitrogen and oxygen atoms in total. The van der Waals surface area contributed by atoms with Crippen molar-refractivity contribution in [3.63, 3.8) is 0 Å². The average Bonchev–Trinajstić information content (AvgIpc) is 2.57. The van der Waals surface area contributed by atoms with Crippen LogP contribution in [-0.4, -0.2) is 30.1 Å². The third kappa shape index (κ3) is 3.46. The summed E-state index contributed by atoms with van der Waals surface area (Å²) in [5, 5.41) is 15.6. The van der Waals surface area contributed by atoms with Crippen LogP contribution in [0.2, 0.25) is 0 Å². The van der Waals surface area contributed by atoms with Gasteiger partial charge in [-0.1, -0.05) is 12.5 Å². The summed E-state index contributed by atoms with van der Waals surface area (Å²) >= 11 is 0. The zero-order chi connectivity index (χ0) is 12.1. The van der Waals surface area contributed by atoms with Crippen LogP contribution < -0.4 is 10.6 Å². The van der Waals surface area contributed by atoms with E-state index in [2.05, 4.69) is 10.6 Å². The van der Waals surface area contributed by atoms with Crippen LogP contribution >= 0.6 is 0 Å². The highest BCUT2D eigenvalue weighted by molar-refractivity contribution is 5.94. The van der Waals surface area contributed by atoms with Crippen molar-refractivity contribution in [1.29, 1.82) is 0 Å². The highest BCUT2D eigenvalue weighted by Gasteiger charge is 2.15. The van der Waals surface area contributed by atoms with Crippen molar-refractivity contribution in [3.8, 4) is 5.75 Å². The first-order chi connectivity index (χ1) is 8.25. The topological polar surface area (TPSA) is 61.4 Å². The molecule has 1 amide bonds. The normalized spacial score (nSPS) is 20.6. The van der Waals surface area contributed by atoms with Gasteiger partial charge in [0.2, 0.25) is 0 Å². The number of carbonyl (C=O) groups is 1. The number of carbonyl (C=O) groups excluding carboxylic acids is 1. The van der Waals surface area contributed by atoms with Crippen LogP contribution in [0.4, 0.5) is 0 Å². The summed E-state index contributed by atoms with van der Waals surface area (Å²) in [7, 11) is 0. The largest absolute Gasteiger partial charge is 0.508 e. The molecule has 3 N–H and O–H groups in total. The van der Waals surface area contributed by atoms with Gasteiger partial charge in [-0.25, -0.2) is 0 Å². The van der Waals surface area contributed by atoms with Gasteiger partial charge in [0.15, 0.2) is 0 Å². The van der Waals surface area contributed by atoms with E-state index in [1.807, 2.05) is 0 Å². The average molecular weight is 234 g/mol. The van der Waals surface area contributed by atoms with Crippen LogP contribution in [0.3, 0.4) is 0 Å². The minimum atomic E-state index is -0.116. The van der Waals surface area contributed by atoms with Crippen molar-refractivity contribution >= 4 is 5.91 Å². The SMILES string of the molecule is O=C(NC1CCCCNC1)c1cccc(O)c1. The van der Waals surface area contributed by atoms with Crippen molar-refractivity contribution in [3.05, 3.63) is 29.8 Å². The molecule has 0 bridgehead atoms. The molecule has 0 spiro atoms. The van der Waals surface area contributed by atoms with Crippen molar-refractivity contribution < 1.29 is 9.90 Å². The van der Waals surface area contributed by atoms with Crippen LogP contribution in [0.5, 0.6) is 5.75 Å². The molecule has 0 aromatic heterocycles. The number of benzene rings is 1. The van der Waals surface area contributed by atoms with E-state index >= 15 is 0 Å². The second-order valence-electron chi connectivity index (χ2n) is 4.42. The van der Waals surface area contributed by atoms with E-state index in [0.29, 0.717) is 5.56 Å². The number of rotatable bonds is 2. The van der Waals surface area contributed by atoms with Crippen molar-refractivity contribution in [2.75, 3.05) is 13.1 Å². The Bertz CT molecular complexity index is 385.